The summed E-state index contributed by atoms with van der Waals surface area (Å²) in [6.45, 7) is 5.12. The lowest BCUT2D eigenvalue weighted by Gasteiger charge is -2.17. The smallest absolute Gasteiger partial charge is 0.223 e. The minimum atomic E-state index is -0.502. The number of aryl methyl sites for hydroxylation is 1. The predicted molar refractivity (Wildman–Crippen MR) is 74.3 cm³/mol. The van der Waals surface area contributed by atoms with E-state index in [0.717, 1.165) is 6.42 Å². The number of ether oxygens (including phenoxy) is 2. The lowest BCUT2D eigenvalue weighted by molar-refractivity contribution is -0.139. The zero-order chi connectivity index (χ0) is 14.3. The number of hydrogen-bond acceptors (Lipinski definition) is 6. The first-order chi connectivity index (χ1) is 9.44. The van der Waals surface area contributed by atoms with E-state index in [-0.39, 0.29) is 17.2 Å². The van der Waals surface area contributed by atoms with Gasteiger partial charge < -0.3 is 19.8 Å². The van der Waals surface area contributed by atoms with E-state index in [9.17, 15) is 0 Å². The van der Waals surface area contributed by atoms with Crippen molar-refractivity contribution in [2.75, 3.05) is 12.3 Å². The molecule has 1 atom stereocenters. The maximum atomic E-state index is 5.99. The van der Waals surface area contributed by atoms with Crippen LogP contribution in [0.4, 0.5) is 5.95 Å². The van der Waals surface area contributed by atoms with Crippen molar-refractivity contribution in [3.8, 4) is 0 Å². The zero-order valence-electron chi connectivity index (χ0n) is 11.3. The molecule has 0 aliphatic carbocycles. The minimum absolute atomic E-state index is 0.0668. The van der Waals surface area contributed by atoms with Gasteiger partial charge in [0.25, 0.3) is 0 Å². The number of anilines is 1. The van der Waals surface area contributed by atoms with Crippen LogP contribution in [0.15, 0.2) is 6.33 Å². The molecule has 0 amide bonds. The highest BCUT2D eigenvalue weighted by atomic mass is 35.5. The van der Waals surface area contributed by atoms with Crippen LogP contribution in [0, 0.1) is 0 Å². The van der Waals surface area contributed by atoms with Crippen LogP contribution in [0.2, 0.25) is 5.15 Å². The molecule has 3 heterocycles. The third kappa shape index (κ3) is 2.56. The largest absolute Gasteiger partial charge is 0.368 e. The average Bonchev–Trinajstić information content (AvgIpc) is 2.90. The zero-order valence-corrected chi connectivity index (χ0v) is 12.1. The Morgan fingerprint density at radius 3 is 3.00 bits per heavy atom. The van der Waals surface area contributed by atoms with E-state index in [1.807, 2.05) is 18.4 Å². The average molecular weight is 298 g/mol. The summed E-state index contributed by atoms with van der Waals surface area (Å²) in [5.41, 5.74) is 6.81. The molecule has 1 saturated heterocycles. The molecule has 0 bridgehead atoms. The molecule has 2 aromatic rings. The number of nitrogens with zero attached hydrogens (tertiary/aromatic N) is 4. The van der Waals surface area contributed by atoms with Crippen LogP contribution < -0.4 is 5.73 Å². The predicted octanol–water partition coefficient (Wildman–Crippen LogP) is 1.60. The fourth-order valence-corrected chi connectivity index (χ4v) is 2.50. The number of halogens is 1. The first kappa shape index (κ1) is 13.5. The van der Waals surface area contributed by atoms with E-state index >= 15 is 0 Å². The van der Waals surface area contributed by atoms with Crippen LogP contribution in [0.25, 0.3) is 11.2 Å². The molecule has 2 aromatic heterocycles. The Balaban J connectivity index is 1.75. The third-order valence-corrected chi connectivity index (χ3v) is 3.46. The van der Waals surface area contributed by atoms with Crippen molar-refractivity contribution in [3.63, 3.8) is 0 Å². The van der Waals surface area contributed by atoms with Gasteiger partial charge in [0.05, 0.1) is 19.0 Å². The molecule has 1 aliphatic rings. The van der Waals surface area contributed by atoms with Gasteiger partial charge in [0.15, 0.2) is 16.6 Å². The molecule has 108 valence electrons. The Bertz CT molecular complexity index is 642. The van der Waals surface area contributed by atoms with E-state index in [4.69, 9.17) is 26.8 Å². The van der Waals surface area contributed by atoms with Gasteiger partial charge >= 0.3 is 0 Å². The number of nitrogens with two attached hydrogens (primary N) is 1. The SMILES string of the molecule is CC1(C)OC[C@@H](CCn2cnc3c(Cl)nc(N)nc32)O1. The molecule has 0 aromatic carbocycles. The molecule has 3 rings (SSSR count). The van der Waals surface area contributed by atoms with Crippen molar-refractivity contribution in [3.05, 3.63) is 11.5 Å². The Morgan fingerprint density at radius 1 is 1.50 bits per heavy atom. The van der Waals surface area contributed by atoms with Crippen LogP contribution in [0.1, 0.15) is 20.3 Å². The monoisotopic (exact) mass is 297 g/mol. The van der Waals surface area contributed by atoms with Gasteiger partial charge in [0, 0.05) is 6.54 Å². The normalized spacial score (nSPS) is 21.6. The van der Waals surface area contributed by atoms with Gasteiger partial charge in [-0.2, -0.15) is 9.97 Å². The molecule has 8 heteroatoms. The first-order valence-corrected chi connectivity index (χ1v) is 6.78. The van der Waals surface area contributed by atoms with Crippen molar-refractivity contribution in [2.45, 2.75) is 38.7 Å². The summed E-state index contributed by atoms with van der Waals surface area (Å²) >= 11 is 5.99. The molecule has 2 N–H and O–H groups in total. The van der Waals surface area contributed by atoms with Gasteiger partial charge in [-0.25, -0.2) is 4.98 Å². The number of rotatable bonds is 3. The molecule has 0 saturated carbocycles. The van der Waals surface area contributed by atoms with Gasteiger partial charge in [-0.15, -0.1) is 0 Å². The second kappa shape index (κ2) is 4.83. The molecular formula is C12H16ClN5O2. The van der Waals surface area contributed by atoms with Gasteiger partial charge in [-0.1, -0.05) is 11.6 Å². The van der Waals surface area contributed by atoms with Crippen LogP contribution in [-0.2, 0) is 16.0 Å². The number of hydrogen-bond donors (Lipinski definition) is 1. The summed E-state index contributed by atoms with van der Waals surface area (Å²) in [7, 11) is 0. The molecule has 0 unspecified atom stereocenters. The lowest BCUT2D eigenvalue weighted by Crippen LogP contribution is -2.22. The second-order valence-corrected chi connectivity index (χ2v) is 5.58. The fourth-order valence-electron chi connectivity index (χ4n) is 2.28. The van der Waals surface area contributed by atoms with E-state index < -0.39 is 5.79 Å². The Labute approximate surface area is 121 Å². The van der Waals surface area contributed by atoms with E-state index in [1.165, 1.54) is 0 Å². The van der Waals surface area contributed by atoms with Gasteiger partial charge in [-0.05, 0) is 20.3 Å². The second-order valence-electron chi connectivity index (χ2n) is 5.22. The number of fused-ring (bicyclic) bond motifs is 1. The summed E-state index contributed by atoms with van der Waals surface area (Å²) in [4.78, 5) is 12.3. The van der Waals surface area contributed by atoms with Crippen LogP contribution in [0.3, 0.4) is 0 Å². The molecule has 1 fully saturated rings. The van der Waals surface area contributed by atoms with Crippen LogP contribution in [0.5, 0.6) is 0 Å². The lowest BCUT2D eigenvalue weighted by atomic mass is 10.2. The highest BCUT2D eigenvalue weighted by Gasteiger charge is 2.32. The molecule has 7 nitrogen and oxygen atoms in total. The summed E-state index contributed by atoms with van der Waals surface area (Å²) in [5, 5.41) is 0.271. The standard InChI is InChI=1S/C12H16ClN5O2/c1-12(2)19-5-7(20-12)3-4-18-6-15-8-9(13)16-11(14)17-10(8)18/h6-7H,3-5H2,1-2H3,(H2,14,16,17)/t7-/m1/s1. The molecular weight excluding hydrogens is 282 g/mol. The molecule has 20 heavy (non-hydrogen) atoms. The van der Waals surface area contributed by atoms with Crippen LogP contribution in [-0.4, -0.2) is 38.0 Å². The Hall–Kier alpha value is -1.44. The fraction of sp³-hybridized carbons (Fsp3) is 0.583. The molecule has 0 radical (unpaired) electrons. The topological polar surface area (TPSA) is 88.1 Å². The van der Waals surface area contributed by atoms with Gasteiger partial charge in [0.1, 0.15) is 5.52 Å². The number of imidazole rings is 1. The highest BCUT2D eigenvalue weighted by Crippen LogP contribution is 2.25. The van der Waals surface area contributed by atoms with Gasteiger partial charge in [0.2, 0.25) is 5.95 Å². The van der Waals surface area contributed by atoms with Crippen molar-refractivity contribution in [1.29, 1.82) is 0 Å². The highest BCUT2D eigenvalue weighted by molar-refractivity contribution is 6.33. The summed E-state index contributed by atoms with van der Waals surface area (Å²) in [6, 6.07) is 0. The van der Waals surface area contributed by atoms with Crippen molar-refractivity contribution in [2.24, 2.45) is 0 Å². The van der Waals surface area contributed by atoms with Crippen LogP contribution >= 0.6 is 11.6 Å². The van der Waals surface area contributed by atoms with E-state index in [2.05, 4.69) is 15.0 Å². The Morgan fingerprint density at radius 2 is 2.30 bits per heavy atom. The van der Waals surface area contributed by atoms with Crippen molar-refractivity contribution >= 4 is 28.7 Å². The minimum Gasteiger partial charge on any atom is -0.368 e. The molecule has 0 spiro atoms. The number of aromatic nitrogens is 4. The van der Waals surface area contributed by atoms with Crippen molar-refractivity contribution in [1.82, 2.24) is 19.5 Å². The summed E-state index contributed by atoms with van der Waals surface area (Å²) in [5.74, 6) is -0.358. The van der Waals surface area contributed by atoms with Crippen molar-refractivity contribution < 1.29 is 9.47 Å². The maximum Gasteiger partial charge on any atom is 0.223 e. The third-order valence-electron chi connectivity index (χ3n) is 3.20. The quantitative estimate of drug-likeness (QED) is 0.866. The first-order valence-electron chi connectivity index (χ1n) is 6.40. The number of nitrogen functional groups attached to an aromatic ring is 1. The Kier molecular flexibility index (Phi) is 3.27. The summed E-state index contributed by atoms with van der Waals surface area (Å²) in [6.07, 6.45) is 2.55. The van der Waals surface area contributed by atoms with Gasteiger partial charge in [-0.3, -0.25) is 0 Å². The maximum absolute atomic E-state index is 5.99. The summed E-state index contributed by atoms with van der Waals surface area (Å²) < 4.78 is 13.2. The molecule has 1 aliphatic heterocycles. The van der Waals surface area contributed by atoms with E-state index in [1.54, 1.807) is 6.33 Å². The van der Waals surface area contributed by atoms with E-state index in [0.29, 0.717) is 24.3 Å².